The molecule has 0 fully saturated rings. The monoisotopic (exact) mass is 233 g/mol. The molecule has 0 aliphatic heterocycles. The lowest BCUT2D eigenvalue weighted by molar-refractivity contribution is 0.629. The molecule has 0 spiro atoms. The Kier molecular flexibility index (Phi) is 3.13. The fourth-order valence-electron chi connectivity index (χ4n) is 1.26. The van der Waals surface area contributed by atoms with Crippen LogP contribution in [0.1, 0.15) is 11.0 Å². The molecule has 0 amide bonds. The van der Waals surface area contributed by atoms with Gasteiger partial charge in [-0.05, 0) is 12.1 Å². The second-order valence-corrected chi connectivity index (χ2v) is 3.98. The largest absolute Gasteiger partial charge is 0.362 e. The average molecular weight is 233 g/mol. The lowest BCUT2D eigenvalue weighted by Gasteiger charge is -2.10. The number of thiazole rings is 1. The van der Waals surface area contributed by atoms with Gasteiger partial charge in [-0.25, -0.2) is 9.37 Å². The lowest BCUT2D eigenvalue weighted by Crippen LogP contribution is -2.09. The summed E-state index contributed by atoms with van der Waals surface area (Å²) in [6, 6.07) is 7.69. The zero-order valence-corrected chi connectivity index (χ0v) is 9.04. The number of para-hydroxylation sites is 1. The van der Waals surface area contributed by atoms with Crippen molar-refractivity contribution >= 4 is 17.0 Å². The molecule has 2 rings (SSSR count). The number of nitrogens with zero attached hydrogens (tertiary/aromatic N) is 2. The Balaban J connectivity index is 2.21. The van der Waals surface area contributed by atoms with E-state index < -0.39 is 6.04 Å². The van der Waals surface area contributed by atoms with E-state index in [1.165, 1.54) is 17.4 Å². The first-order chi connectivity index (χ1) is 7.81. The molecule has 0 bridgehead atoms. The average Bonchev–Trinajstić information content (AvgIpc) is 2.81. The molecule has 3 nitrogen and oxygen atoms in total. The summed E-state index contributed by atoms with van der Waals surface area (Å²) in [5.74, 6) is -0.376. The molecule has 80 valence electrons. The van der Waals surface area contributed by atoms with Crippen LogP contribution in [-0.2, 0) is 0 Å². The number of aromatic nitrogens is 1. The van der Waals surface area contributed by atoms with Crippen LogP contribution in [-0.4, -0.2) is 4.98 Å². The second-order valence-electron chi connectivity index (χ2n) is 3.06. The van der Waals surface area contributed by atoms with Gasteiger partial charge in [-0.1, -0.05) is 12.1 Å². The summed E-state index contributed by atoms with van der Waals surface area (Å²) in [4.78, 5) is 4.02. The number of hydrogen-bond acceptors (Lipinski definition) is 4. The maximum absolute atomic E-state index is 13.3. The Morgan fingerprint density at radius 2 is 2.25 bits per heavy atom. The third-order valence-electron chi connectivity index (χ3n) is 2.00. The van der Waals surface area contributed by atoms with Crippen molar-refractivity contribution in [1.82, 2.24) is 4.98 Å². The van der Waals surface area contributed by atoms with Gasteiger partial charge in [-0.3, -0.25) is 0 Å². The Morgan fingerprint density at radius 3 is 2.88 bits per heavy atom. The van der Waals surface area contributed by atoms with Crippen LogP contribution < -0.4 is 5.32 Å². The summed E-state index contributed by atoms with van der Waals surface area (Å²) in [5, 5.41) is 14.2. The molecule has 1 atom stereocenters. The molecule has 1 N–H and O–H groups in total. The van der Waals surface area contributed by atoms with E-state index in [0.29, 0.717) is 10.7 Å². The molecular weight excluding hydrogens is 225 g/mol. The molecule has 1 unspecified atom stereocenters. The molecule has 0 aliphatic carbocycles. The van der Waals surface area contributed by atoms with Crippen molar-refractivity contribution in [3.8, 4) is 6.07 Å². The van der Waals surface area contributed by atoms with Crippen molar-refractivity contribution in [3.63, 3.8) is 0 Å². The van der Waals surface area contributed by atoms with Gasteiger partial charge in [0.15, 0.2) is 6.04 Å². The molecule has 2 aromatic rings. The van der Waals surface area contributed by atoms with Gasteiger partial charge in [0.25, 0.3) is 0 Å². The van der Waals surface area contributed by atoms with Gasteiger partial charge in [0, 0.05) is 11.6 Å². The molecule has 16 heavy (non-hydrogen) atoms. The van der Waals surface area contributed by atoms with E-state index in [-0.39, 0.29) is 5.82 Å². The summed E-state index contributed by atoms with van der Waals surface area (Å²) >= 11 is 1.36. The van der Waals surface area contributed by atoms with E-state index in [9.17, 15) is 4.39 Å². The Bertz CT molecular complexity index is 504. The van der Waals surface area contributed by atoms with E-state index in [4.69, 9.17) is 5.26 Å². The zero-order valence-electron chi connectivity index (χ0n) is 8.22. The summed E-state index contributed by atoms with van der Waals surface area (Å²) in [7, 11) is 0. The fourth-order valence-corrected chi connectivity index (χ4v) is 1.89. The topological polar surface area (TPSA) is 48.7 Å². The highest BCUT2D eigenvalue weighted by atomic mass is 32.1. The van der Waals surface area contributed by atoms with Crippen molar-refractivity contribution in [3.05, 3.63) is 46.7 Å². The first kappa shape index (κ1) is 10.6. The highest BCUT2D eigenvalue weighted by Crippen LogP contribution is 2.22. The lowest BCUT2D eigenvalue weighted by atomic mass is 10.2. The Hall–Kier alpha value is -1.93. The number of benzene rings is 1. The zero-order chi connectivity index (χ0) is 11.4. The van der Waals surface area contributed by atoms with Gasteiger partial charge in [0.2, 0.25) is 0 Å². The molecule has 1 aromatic carbocycles. The van der Waals surface area contributed by atoms with E-state index >= 15 is 0 Å². The molecule has 1 aromatic heterocycles. The maximum atomic E-state index is 13.3. The maximum Gasteiger partial charge on any atom is 0.167 e. The van der Waals surface area contributed by atoms with Crippen molar-refractivity contribution < 1.29 is 4.39 Å². The molecular formula is C11H8FN3S. The third kappa shape index (κ3) is 2.18. The molecule has 1 heterocycles. The number of halogens is 1. The van der Waals surface area contributed by atoms with Crippen molar-refractivity contribution in [2.24, 2.45) is 0 Å². The van der Waals surface area contributed by atoms with E-state index in [0.717, 1.165) is 0 Å². The highest BCUT2D eigenvalue weighted by Gasteiger charge is 2.14. The van der Waals surface area contributed by atoms with Gasteiger partial charge < -0.3 is 5.32 Å². The molecule has 5 heteroatoms. The first-order valence-corrected chi connectivity index (χ1v) is 5.49. The minimum atomic E-state index is -0.614. The van der Waals surface area contributed by atoms with Crippen LogP contribution in [0.5, 0.6) is 0 Å². The quantitative estimate of drug-likeness (QED) is 0.886. The SMILES string of the molecule is N#CC(Nc1ccccc1F)c1nccs1. The van der Waals surface area contributed by atoms with Crippen LogP contribution in [0.15, 0.2) is 35.8 Å². The normalized spacial score (nSPS) is 11.8. The minimum absolute atomic E-state index is 0.309. The molecule has 0 saturated heterocycles. The van der Waals surface area contributed by atoms with Gasteiger partial charge in [0.05, 0.1) is 11.8 Å². The number of nitrogens with one attached hydrogen (secondary N) is 1. The number of rotatable bonds is 3. The predicted octanol–water partition coefficient (Wildman–Crippen LogP) is 2.96. The Morgan fingerprint density at radius 1 is 1.44 bits per heavy atom. The third-order valence-corrected chi connectivity index (χ3v) is 2.84. The molecule has 0 aliphatic rings. The smallest absolute Gasteiger partial charge is 0.167 e. The van der Waals surface area contributed by atoms with Crippen molar-refractivity contribution in [2.75, 3.05) is 5.32 Å². The van der Waals surface area contributed by atoms with Gasteiger partial charge in [-0.15, -0.1) is 11.3 Å². The summed E-state index contributed by atoms with van der Waals surface area (Å²) in [6.45, 7) is 0. The van der Waals surface area contributed by atoms with Crippen LogP contribution in [0.25, 0.3) is 0 Å². The molecule has 0 saturated carbocycles. The van der Waals surface area contributed by atoms with Crippen LogP contribution in [0.4, 0.5) is 10.1 Å². The summed E-state index contributed by atoms with van der Waals surface area (Å²) in [5.41, 5.74) is 0.309. The number of anilines is 1. The van der Waals surface area contributed by atoms with Gasteiger partial charge in [-0.2, -0.15) is 5.26 Å². The second kappa shape index (κ2) is 4.73. The van der Waals surface area contributed by atoms with Crippen LogP contribution >= 0.6 is 11.3 Å². The van der Waals surface area contributed by atoms with Gasteiger partial charge >= 0.3 is 0 Å². The number of hydrogen-bond donors (Lipinski definition) is 1. The summed E-state index contributed by atoms with van der Waals surface area (Å²) in [6.07, 6.45) is 1.62. The van der Waals surface area contributed by atoms with Crippen LogP contribution in [0.3, 0.4) is 0 Å². The standard InChI is InChI=1S/C11H8FN3S/c12-8-3-1-2-4-9(8)15-10(7-13)11-14-5-6-16-11/h1-6,10,15H. The van der Waals surface area contributed by atoms with Crippen LogP contribution in [0.2, 0.25) is 0 Å². The Labute approximate surface area is 96.2 Å². The van der Waals surface area contributed by atoms with Gasteiger partial charge in [0.1, 0.15) is 10.8 Å². The predicted molar refractivity (Wildman–Crippen MR) is 60.5 cm³/mol. The first-order valence-electron chi connectivity index (χ1n) is 4.61. The fraction of sp³-hybridized carbons (Fsp3) is 0.0909. The minimum Gasteiger partial charge on any atom is -0.362 e. The van der Waals surface area contributed by atoms with Crippen molar-refractivity contribution in [2.45, 2.75) is 6.04 Å². The molecule has 0 radical (unpaired) electrons. The highest BCUT2D eigenvalue weighted by molar-refractivity contribution is 7.09. The van der Waals surface area contributed by atoms with Crippen molar-refractivity contribution in [1.29, 1.82) is 5.26 Å². The van der Waals surface area contributed by atoms with E-state index in [2.05, 4.69) is 16.4 Å². The van der Waals surface area contributed by atoms with E-state index in [1.807, 2.05) is 0 Å². The number of nitriles is 1. The van der Waals surface area contributed by atoms with Crippen LogP contribution in [0, 0.1) is 17.1 Å². The van der Waals surface area contributed by atoms with E-state index in [1.54, 1.807) is 29.8 Å². The summed E-state index contributed by atoms with van der Waals surface area (Å²) < 4.78 is 13.3.